The van der Waals surface area contributed by atoms with Gasteiger partial charge in [0.05, 0.1) is 3.79 Å². The van der Waals surface area contributed by atoms with Crippen LogP contribution in [0.4, 0.5) is 0 Å². The second-order valence-corrected chi connectivity index (χ2v) is 8.40. The first kappa shape index (κ1) is 14.0. The van der Waals surface area contributed by atoms with Crippen molar-refractivity contribution in [3.05, 3.63) is 19.2 Å². The van der Waals surface area contributed by atoms with E-state index in [0.717, 1.165) is 18.4 Å². The minimum absolute atomic E-state index is 0.693. The summed E-state index contributed by atoms with van der Waals surface area (Å²) in [5, 5.41) is 3.73. The maximum Gasteiger partial charge on any atom is 0.0843 e. The first-order valence-electron chi connectivity index (χ1n) is 6.25. The summed E-state index contributed by atoms with van der Waals surface area (Å²) in [6, 6.07) is 2.90. The smallest absolute Gasteiger partial charge is 0.0843 e. The summed E-state index contributed by atoms with van der Waals surface area (Å²) in [7, 11) is 0. The van der Waals surface area contributed by atoms with E-state index in [4.69, 9.17) is 0 Å². The number of thiophene rings is 1. The Balaban J connectivity index is 1.89. The van der Waals surface area contributed by atoms with Gasteiger partial charge in [-0.1, -0.05) is 26.7 Å². The Labute approximate surface area is 125 Å². The predicted molar refractivity (Wildman–Crippen MR) is 82.5 cm³/mol. The third-order valence-corrected chi connectivity index (χ3v) is 7.20. The van der Waals surface area contributed by atoms with Crippen molar-refractivity contribution in [2.45, 2.75) is 45.7 Å². The van der Waals surface area contributed by atoms with Crippen LogP contribution in [0, 0.1) is 11.8 Å². The Morgan fingerprint density at radius 3 is 2.76 bits per heavy atom. The molecule has 1 fully saturated rings. The molecule has 0 radical (unpaired) electrons. The predicted octanol–water partition coefficient (Wildman–Crippen LogP) is 5.19. The molecule has 1 saturated carbocycles. The second-order valence-electron chi connectivity index (χ2n) is 5.09. The van der Waals surface area contributed by atoms with Gasteiger partial charge in [0.15, 0.2) is 0 Å². The third kappa shape index (κ3) is 3.55. The van der Waals surface area contributed by atoms with Gasteiger partial charge in [-0.2, -0.15) is 0 Å². The lowest BCUT2D eigenvalue weighted by Crippen LogP contribution is -2.40. The highest BCUT2D eigenvalue weighted by molar-refractivity contribution is 9.13. The van der Waals surface area contributed by atoms with E-state index in [-0.39, 0.29) is 0 Å². The number of rotatable bonds is 3. The van der Waals surface area contributed by atoms with Crippen LogP contribution in [0.25, 0.3) is 0 Å². The van der Waals surface area contributed by atoms with Crippen LogP contribution in [0.3, 0.4) is 0 Å². The molecule has 1 heterocycles. The highest BCUT2D eigenvalue weighted by Gasteiger charge is 2.26. The summed E-state index contributed by atoms with van der Waals surface area (Å²) < 4.78 is 2.36. The standard InChI is InChI=1S/C13H19Br2NS/c1-8-4-3-5-12(9(8)2)16-7-10-6-11(14)13(15)17-10/h6,8-9,12,16H,3-5,7H2,1-2H3. The Kier molecular flexibility index (Phi) is 5.10. The zero-order chi connectivity index (χ0) is 12.4. The van der Waals surface area contributed by atoms with Crippen LogP contribution < -0.4 is 5.32 Å². The Bertz CT molecular complexity index is 358. The van der Waals surface area contributed by atoms with E-state index < -0.39 is 0 Å². The highest BCUT2D eigenvalue weighted by atomic mass is 79.9. The molecule has 0 aliphatic heterocycles. The molecule has 1 aromatic rings. The highest BCUT2D eigenvalue weighted by Crippen LogP contribution is 2.33. The fraction of sp³-hybridized carbons (Fsp3) is 0.692. The number of hydrogen-bond donors (Lipinski definition) is 1. The number of halogens is 2. The zero-order valence-corrected chi connectivity index (χ0v) is 14.3. The lowest BCUT2D eigenvalue weighted by molar-refractivity contribution is 0.206. The van der Waals surface area contributed by atoms with Gasteiger partial charge in [-0.05, 0) is 56.2 Å². The average Bonchev–Trinajstić information content (AvgIpc) is 2.61. The van der Waals surface area contributed by atoms with Gasteiger partial charge in [0.2, 0.25) is 0 Å². The Morgan fingerprint density at radius 1 is 1.35 bits per heavy atom. The van der Waals surface area contributed by atoms with Crippen molar-refractivity contribution in [2.24, 2.45) is 11.8 Å². The molecule has 0 spiro atoms. The molecule has 4 heteroatoms. The quantitative estimate of drug-likeness (QED) is 0.760. The summed E-state index contributed by atoms with van der Waals surface area (Å²) >= 11 is 8.90. The second kappa shape index (κ2) is 6.18. The minimum atomic E-state index is 0.693. The van der Waals surface area contributed by atoms with Crippen molar-refractivity contribution in [3.8, 4) is 0 Å². The van der Waals surface area contributed by atoms with Gasteiger partial charge in [0.1, 0.15) is 0 Å². The van der Waals surface area contributed by atoms with Gasteiger partial charge in [-0.15, -0.1) is 11.3 Å². The summed E-state index contributed by atoms with van der Waals surface area (Å²) in [6.45, 7) is 5.77. The zero-order valence-electron chi connectivity index (χ0n) is 10.3. The summed E-state index contributed by atoms with van der Waals surface area (Å²) in [5.41, 5.74) is 0. The van der Waals surface area contributed by atoms with Gasteiger partial charge >= 0.3 is 0 Å². The molecular weight excluding hydrogens is 362 g/mol. The minimum Gasteiger partial charge on any atom is -0.309 e. The van der Waals surface area contributed by atoms with E-state index in [9.17, 15) is 0 Å². The maximum atomic E-state index is 3.73. The molecule has 0 aromatic carbocycles. The van der Waals surface area contributed by atoms with Crippen molar-refractivity contribution in [1.82, 2.24) is 5.32 Å². The van der Waals surface area contributed by atoms with Crippen molar-refractivity contribution < 1.29 is 0 Å². The molecule has 1 aromatic heterocycles. The molecule has 96 valence electrons. The summed E-state index contributed by atoms with van der Waals surface area (Å²) in [6.07, 6.45) is 4.11. The lowest BCUT2D eigenvalue weighted by Gasteiger charge is -2.34. The molecule has 1 nitrogen and oxygen atoms in total. The van der Waals surface area contributed by atoms with Crippen molar-refractivity contribution >= 4 is 43.2 Å². The molecule has 2 rings (SSSR count). The van der Waals surface area contributed by atoms with Crippen LogP contribution in [0.1, 0.15) is 38.0 Å². The van der Waals surface area contributed by atoms with Crippen molar-refractivity contribution in [2.75, 3.05) is 0 Å². The molecule has 0 saturated heterocycles. The molecule has 3 atom stereocenters. The third-order valence-electron chi connectivity index (χ3n) is 3.94. The van der Waals surface area contributed by atoms with Gasteiger partial charge < -0.3 is 5.32 Å². The molecule has 0 bridgehead atoms. The van der Waals surface area contributed by atoms with Crippen LogP contribution in [0.15, 0.2) is 14.3 Å². The normalized spacial score (nSPS) is 29.5. The first-order chi connectivity index (χ1) is 8.08. The fourth-order valence-corrected chi connectivity index (χ4v) is 4.71. The molecule has 1 aliphatic rings. The summed E-state index contributed by atoms with van der Waals surface area (Å²) in [4.78, 5) is 1.40. The number of hydrogen-bond acceptors (Lipinski definition) is 2. The van der Waals surface area contributed by atoms with Crippen LogP contribution in [-0.4, -0.2) is 6.04 Å². The molecule has 1 aliphatic carbocycles. The van der Waals surface area contributed by atoms with E-state index in [1.165, 1.54) is 32.4 Å². The fourth-order valence-electron chi connectivity index (χ4n) is 2.58. The summed E-state index contributed by atoms with van der Waals surface area (Å²) in [5.74, 6) is 1.67. The van der Waals surface area contributed by atoms with E-state index >= 15 is 0 Å². The monoisotopic (exact) mass is 379 g/mol. The van der Waals surface area contributed by atoms with Gasteiger partial charge in [-0.25, -0.2) is 0 Å². The molecule has 0 amide bonds. The average molecular weight is 381 g/mol. The van der Waals surface area contributed by atoms with Crippen molar-refractivity contribution in [1.29, 1.82) is 0 Å². The molecule has 3 unspecified atom stereocenters. The van der Waals surface area contributed by atoms with E-state index in [1.807, 2.05) is 11.3 Å². The van der Waals surface area contributed by atoms with Gasteiger partial charge in [-0.3, -0.25) is 0 Å². The Hall–Kier alpha value is 0.620. The van der Waals surface area contributed by atoms with Gasteiger partial charge in [0.25, 0.3) is 0 Å². The van der Waals surface area contributed by atoms with E-state index in [0.29, 0.717) is 6.04 Å². The van der Waals surface area contributed by atoms with Crippen LogP contribution in [-0.2, 0) is 6.54 Å². The molecule has 17 heavy (non-hydrogen) atoms. The molecule has 1 N–H and O–H groups in total. The van der Waals surface area contributed by atoms with Crippen LogP contribution in [0.2, 0.25) is 0 Å². The van der Waals surface area contributed by atoms with E-state index in [1.54, 1.807) is 0 Å². The van der Waals surface area contributed by atoms with Crippen molar-refractivity contribution in [3.63, 3.8) is 0 Å². The van der Waals surface area contributed by atoms with Crippen LogP contribution in [0.5, 0.6) is 0 Å². The topological polar surface area (TPSA) is 12.0 Å². The van der Waals surface area contributed by atoms with Gasteiger partial charge in [0, 0.05) is 21.9 Å². The molecular formula is C13H19Br2NS. The maximum absolute atomic E-state index is 3.73. The Morgan fingerprint density at radius 2 is 2.12 bits per heavy atom. The SMILES string of the molecule is CC1CCCC(NCc2cc(Br)c(Br)s2)C1C. The largest absolute Gasteiger partial charge is 0.309 e. The first-order valence-corrected chi connectivity index (χ1v) is 8.65. The lowest BCUT2D eigenvalue weighted by atomic mass is 9.78. The van der Waals surface area contributed by atoms with Crippen LogP contribution >= 0.6 is 43.2 Å². The number of nitrogens with one attached hydrogen (secondary N) is 1. The van der Waals surface area contributed by atoms with E-state index in [2.05, 4.69) is 57.1 Å².